The Balaban J connectivity index is 2.51. The monoisotopic (exact) mass is 336 g/mol. The summed E-state index contributed by atoms with van der Waals surface area (Å²) in [5.41, 5.74) is -1.43. The largest absolute Gasteiger partial charge is 0.505 e. The molecule has 2 aromatic rings. The van der Waals surface area contributed by atoms with Gasteiger partial charge in [-0.25, -0.2) is 0 Å². The van der Waals surface area contributed by atoms with Gasteiger partial charge in [-0.15, -0.1) is 11.8 Å². The van der Waals surface area contributed by atoms with Crippen molar-refractivity contribution >= 4 is 23.2 Å². The predicted octanol–water partition coefficient (Wildman–Crippen LogP) is 2.98. The summed E-state index contributed by atoms with van der Waals surface area (Å²) in [7, 11) is 0. The zero-order valence-electron chi connectivity index (χ0n) is 11.6. The molecule has 1 aromatic carbocycles. The van der Waals surface area contributed by atoms with Crippen molar-refractivity contribution in [3.63, 3.8) is 0 Å². The van der Waals surface area contributed by atoms with Gasteiger partial charge in [0, 0.05) is 5.56 Å². The van der Waals surface area contributed by atoms with Crippen molar-refractivity contribution < 1.29 is 14.7 Å². The van der Waals surface area contributed by atoms with E-state index in [1.165, 1.54) is 12.1 Å². The maximum Gasteiger partial charge on any atom is 0.284 e. The highest BCUT2D eigenvalue weighted by atomic mass is 35.5. The summed E-state index contributed by atoms with van der Waals surface area (Å²) in [6, 6.07) is 2.85. The zero-order chi connectivity index (χ0) is 16.3. The summed E-state index contributed by atoms with van der Waals surface area (Å²) in [4.78, 5) is 4.07. The number of halogens is 2. The molecule has 5 nitrogen and oxygen atoms in total. The summed E-state index contributed by atoms with van der Waals surface area (Å²) in [6.07, 6.45) is 0. The fraction of sp³-hybridized carbons (Fsp3) is 0.200. The minimum atomic E-state index is -1.85. The molecule has 0 bridgehead atoms. The molecule has 0 aliphatic carbocycles. The molecule has 1 heterocycles. The number of benzene rings is 1. The molecule has 0 saturated heterocycles. The van der Waals surface area contributed by atoms with Crippen molar-refractivity contribution in [2.45, 2.75) is 19.4 Å². The van der Waals surface area contributed by atoms with Crippen molar-refractivity contribution in [3.8, 4) is 40.8 Å². The van der Waals surface area contributed by atoms with Crippen LogP contribution >= 0.6 is 23.2 Å². The van der Waals surface area contributed by atoms with Gasteiger partial charge in [-0.3, -0.25) is 0 Å². The van der Waals surface area contributed by atoms with Gasteiger partial charge in [0.1, 0.15) is 0 Å². The van der Waals surface area contributed by atoms with Gasteiger partial charge in [0.05, 0.1) is 10.0 Å². The Morgan fingerprint density at radius 1 is 1.14 bits per heavy atom. The molecule has 0 aliphatic rings. The lowest BCUT2D eigenvalue weighted by molar-refractivity contribution is 0.120. The molecule has 2 rings (SSSR count). The number of nitrogens with zero attached hydrogens (tertiary/aromatic N) is 2. The lowest BCUT2D eigenvalue weighted by atomic mass is 10.1. The number of aromatic hydroxyl groups is 1. The minimum Gasteiger partial charge on any atom is -0.505 e. The van der Waals surface area contributed by atoms with Gasteiger partial charge in [-0.05, 0) is 37.8 Å². The second-order valence-electron chi connectivity index (χ2n) is 4.17. The lowest BCUT2D eigenvalue weighted by Gasteiger charge is -2.08. The topological polar surface area (TPSA) is 79.4 Å². The fourth-order valence-corrected chi connectivity index (χ4v) is 2.17. The first-order valence-corrected chi connectivity index (χ1v) is 6.79. The van der Waals surface area contributed by atoms with E-state index in [2.05, 4.69) is 33.8 Å². The number of hydrogen-bond donors (Lipinski definition) is 2. The lowest BCUT2D eigenvalue weighted by Crippen LogP contribution is -2.21. The first kappa shape index (κ1) is 16.2. The van der Waals surface area contributed by atoms with Crippen LogP contribution in [-0.4, -0.2) is 20.4 Å². The standard InChI is InChI=1S/C15H10Cl2N2O3/c1-3-5-15(21,6-4-2)14-18-13(19-22-14)9-7-10(16)12(20)11(17)8-9/h7-8,20-21H,1-2H3. The average Bonchev–Trinajstić information content (AvgIpc) is 2.95. The Hall–Kier alpha value is -2.18. The summed E-state index contributed by atoms with van der Waals surface area (Å²) in [5.74, 6) is 9.89. The van der Waals surface area contributed by atoms with Gasteiger partial charge in [-0.1, -0.05) is 28.4 Å². The molecule has 0 radical (unpaired) electrons. The molecule has 0 spiro atoms. The van der Waals surface area contributed by atoms with Crippen LogP contribution in [0.5, 0.6) is 5.75 Å². The second kappa shape index (κ2) is 6.29. The average molecular weight is 337 g/mol. The summed E-state index contributed by atoms with van der Waals surface area (Å²) in [6.45, 7) is 3.11. The quantitative estimate of drug-likeness (QED) is 0.824. The highest BCUT2D eigenvalue weighted by Gasteiger charge is 2.32. The van der Waals surface area contributed by atoms with Crippen LogP contribution in [0.15, 0.2) is 16.7 Å². The summed E-state index contributed by atoms with van der Waals surface area (Å²) >= 11 is 11.7. The molecule has 22 heavy (non-hydrogen) atoms. The van der Waals surface area contributed by atoms with E-state index in [0.717, 1.165) is 0 Å². The Morgan fingerprint density at radius 3 is 2.18 bits per heavy atom. The van der Waals surface area contributed by atoms with Crippen molar-refractivity contribution in [2.24, 2.45) is 0 Å². The van der Waals surface area contributed by atoms with Crippen molar-refractivity contribution in [2.75, 3.05) is 0 Å². The normalized spacial score (nSPS) is 10.4. The molecule has 7 heteroatoms. The van der Waals surface area contributed by atoms with E-state index in [1.54, 1.807) is 13.8 Å². The van der Waals surface area contributed by atoms with Gasteiger partial charge >= 0.3 is 0 Å². The minimum absolute atomic E-state index is 0.0470. The van der Waals surface area contributed by atoms with E-state index in [-0.39, 0.29) is 27.5 Å². The van der Waals surface area contributed by atoms with E-state index in [4.69, 9.17) is 27.7 Å². The summed E-state index contributed by atoms with van der Waals surface area (Å²) in [5, 5.41) is 23.8. The van der Waals surface area contributed by atoms with Gasteiger partial charge in [0.25, 0.3) is 11.5 Å². The molecule has 0 amide bonds. The van der Waals surface area contributed by atoms with Crippen LogP contribution in [-0.2, 0) is 5.60 Å². The molecule has 2 N–H and O–H groups in total. The van der Waals surface area contributed by atoms with Crippen LogP contribution in [0.25, 0.3) is 11.4 Å². The smallest absolute Gasteiger partial charge is 0.284 e. The van der Waals surface area contributed by atoms with Crippen LogP contribution in [0.2, 0.25) is 10.0 Å². The Morgan fingerprint density at radius 2 is 1.68 bits per heavy atom. The first-order valence-electron chi connectivity index (χ1n) is 6.04. The number of phenolic OH excluding ortho intramolecular Hbond substituents is 1. The van der Waals surface area contributed by atoms with Crippen LogP contribution in [0, 0.1) is 23.7 Å². The van der Waals surface area contributed by atoms with Crippen molar-refractivity contribution in [1.82, 2.24) is 10.1 Å². The second-order valence-corrected chi connectivity index (χ2v) is 4.99. The maximum atomic E-state index is 10.4. The third kappa shape index (κ3) is 3.03. The molecule has 0 atom stereocenters. The van der Waals surface area contributed by atoms with E-state index < -0.39 is 5.60 Å². The number of rotatable bonds is 2. The van der Waals surface area contributed by atoms with E-state index in [0.29, 0.717) is 5.56 Å². The number of aromatic nitrogens is 2. The van der Waals surface area contributed by atoms with Gasteiger partial charge in [0.15, 0.2) is 5.75 Å². The molecular formula is C15H10Cl2N2O3. The van der Waals surface area contributed by atoms with E-state index in [1.807, 2.05) is 0 Å². The Labute approximate surface area is 136 Å². The number of hydrogen-bond acceptors (Lipinski definition) is 5. The molecule has 0 fully saturated rings. The van der Waals surface area contributed by atoms with Crippen LogP contribution in [0.4, 0.5) is 0 Å². The predicted molar refractivity (Wildman–Crippen MR) is 82.2 cm³/mol. The van der Waals surface area contributed by atoms with E-state index >= 15 is 0 Å². The van der Waals surface area contributed by atoms with Gasteiger partial charge < -0.3 is 14.7 Å². The van der Waals surface area contributed by atoms with Crippen molar-refractivity contribution in [3.05, 3.63) is 28.1 Å². The summed E-state index contributed by atoms with van der Waals surface area (Å²) < 4.78 is 5.03. The maximum absolute atomic E-state index is 10.4. The number of aliphatic hydroxyl groups is 1. The van der Waals surface area contributed by atoms with Gasteiger partial charge in [0.2, 0.25) is 5.82 Å². The Bertz CT molecular complexity index is 795. The molecule has 112 valence electrons. The third-order valence-electron chi connectivity index (χ3n) is 2.62. The van der Waals surface area contributed by atoms with Crippen molar-refractivity contribution in [1.29, 1.82) is 0 Å². The fourth-order valence-electron chi connectivity index (χ4n) is 1.68. The Kier molecular flexibility index (Phi) is 4.63. The van der Waals surface area contributed by atoms with Crippen LogP contribution in [0.3, 0.4) is 0 Å². The highest BCUT2D eigenvalue weighted by Crippen LogP contribution is 2.36. The first-order chi connectivity index (χ1) is 10.4. The molecule has 0 saturated carbocycles. The number of phenols is 1. The van der Waals surface area contributed by atoms with Gasteiger partial charge in [-0.2, -0.15) is 4.98 Å². The molecular weight excluding hydrogens is 327 g/mol. The third-order valence-corrected chi connectivity index (χ3v) is 3.20. The van der Waals surface area contributed by atoms with Crippen LogP contribution in [0.1, 0.15) is 19.7 Å². The van der Waals surface area contributed by atoms with Crippen LogP contribution < -0.4 is 0 Å². The highest BCUT2D eigenvalue weighted by molar-refractivity contribution is 6.37. The molecule has 1 aromatic heterocycles. The zero-order valence-corrected chi connectivity index (χ0v) is 13.1. The molecule has 0 unspecified atom stereocenters. The molecule has 0 aliphatic heterocycles. The van der Waals surface area contributed by atoms with E-state index in [9.17, 15) is 10.2 Å². The SMILES string of the molecule is CC#CC(O)(C#CC)c1nc(-c2cc(Cl)c(O)c(Cl)c2)no1.